The standard InChI is InChI=1S/C23H23N/c1-3-17-12-14-18(15-13-17)16-21-19-8-4-6-10-22(19)24(2)23-11-7-5-9-20(21)23/h4-15,21H,3,16H2,1-2H3. The van der Waals surface area contributed by atoms with E-state index in [2.05, 4.69) is 91.7 Å². The normalized spacial score (nSPS) is 13.5. The van der Waals surface area contributed by atoms with E-state index in [4.69, 9.17) is 0 Å². The van der Waals surface area contributed by atoms with Crippen LogP contribution in [0.5, 0.6) is 0 Å². The first-order valence-electron chi connectivity index (χ1n) is 8.77. The molecule has 1 heterocycles. The first-order valence-corrected chi connectivity index (χ1v) is 8.77. The third-order valence-corrected chi connectivity index (χ3v) is 5.22. The van der Waals surface area contributed by atoms with Crippen molar-refractivity contribution < 1.29 is 0 Å². The van der Waals surface area contributed by atoms with Gasteiger partial charge in [-0.25, -0.2) is 0 Å². The van der Waals surface area contributed by atoms with Gasteiger partial charge >= 0.3 is 0 Å². The van der Waals surface area contributed by atoms with E-state index in [9.17, 15) is 0 Å². The van der Waals surface area contributed by atoms with Gasteiger partial charge in [0.25, 0.3) is 0 Å². The molecule has 0 atom stereocenters. The van der Waals surface area contributed by atoms with Crippen molar-refractivity contribution in [1.29, 1.82) is 0 Å². The molecule has 1 aliphatic heterocycles. The van der Waals surface area contributed by atoms with Crippen molar-refractivity contribution in [3.8, 4) is 0 Å². The van der Waals surface area contributed by atoms with Crippen LogP contribution in [0.3, 0.4) is 0 Å². The Bertz CT molecular complexity index is 800. The van der Waals surface area contributed by atoms with Crippen molar-refractivity contribution in [3.63, 3.8) is 0 Å². The summed E-state index contributed by atoms with van der Waals surface area (Å²) in [6.07, 6.45) is 2.14. The van der Waals surface area contributed by atoms with Crippen LogP contribution in [0.25, 0.3) is 0 Å². The molecule has 0 bridgehead atoms. The summed E-state index contributed by atoms with van der Waals surface area (Å²) in [5.41, 5.74) is 8.32. The number of nitrogens with zero attached hydrogens (tertiary/aromatic N) is 1. The molecule has 1 aliphatic rings. The Balaban J connectivity index is 1.78. The molecule has 0 amide bonds. The molecule has 3 aromatic carbocycles. The Kier molecular flexibility index (Phi) is 3.86. The Morgan fingerprint density at radius 3 is 1.75 bits per heavy atom. The Labute approximate surface area is 144 Å². The van der Waals surface area contributed by atoms with Gasteiger partial charge in [-0.1, -0.05) is 67.6 Å². The fourth-order valence-electron chi connectivity index (χ4n) is 3.84. The molecule has 0 unspecified atom stereocenters. The molecule has 0 saturated heterocycles. The highest BCUT2D eigenvalue weighted by atomic mass is 15.1. The van der Waals surface area contributed by atoms with Gasteiger partial charge in [-0.15, -0.1) is 0 Å². The van der Waals surface area contributed by atoms with Crippen LogP contribution in [0.4, 0.5) is 11.4 Å². The van der Waals surface area contributed by atoms with Crippen LogP contribution >= 0.6 is 0 Å². The number of aryl methyl sites for hydroxylation is 1. The third-order valence-electron chi connectivity index (χ3n) is 5.22. The number of rotatable bonds is 3. The minimum Gasteiger partial charge on any atom is -0.344 e. The quantitative estimate of drug-likeness (QED) is 0.599. The van der Waals surface area contributed by atoms with Crippen molar-refractivity contribution in [2.45, 2.75) is 25.7 Å². The van der Waals surface area contributed by atoms with E-state index in [-0.39, 0.29) is 0 Å². The summed E-state index contributed by atoms with van der Waals surface area (Å²) in [5.74, 6) is 0.418. The fourth-order valence-corrected chi connectivity index (χ4v) is 3.84. The van der Waals surface area contributed by atoms with Gasteiger partial charge < -0.3 is 4.90 Å². The summed E-state index contributed by atoms with van der Waals surface area (Å²) < 4.78 is 0. The van der Waals surface area contributed by atoms with E-state index >= 15 is 0 Å². The van der Waals surface area contributed by atoms with Crippen molar-refractivity contribution in [3.05, 3.63) is 95.1 Å². The van der Waals surface area contributed by atoms with Crippen LogP contribution in [0, 0.1) is 0 Å². The Morgan fingerprint density at radius 1 is 0.708 bits per heavy atom. The van der Waals surface area contributed by atoms with Gasteiger partial charge in [-0.3, -0.25) is 0 Å². The summed E-state index contributed by atoms with van der Waals surface area (Å²) in [5, 5.41) is 0. The maximum atomic E-state index is 2.32. The van der Waals surface area contributed by atoms with E-state index in [1.54, 1.807) is 0 Å². The number of hydrogen-bond donors (Lipinski definition) is 0. The van der Waals surface area contributed by atoms with Crippen molar-refractivity contribution in [2.24, 2.45) is 0 Å². The molecule has 4 rings (SSSR count). The average Bonchev–Trinajstić information content (AvgIpc) is 2.65. The van der Waals surface area contributed by atoms with Crippen molar-refractivity contribution >= 4 is 11.4 Å². The number of fused-ring (bicyclic) bond motifs is 2. The molecule has 120 valence electrons. The molecule has 0 N–H and O–H groups in total. The zero-order valence-corrected chi connectivity index (χ0v) is 14.4. The minimum atomic E-state index is 0.418. The summed E-state index contributed by atoms with van der Waals surface area (Å²) in [6.45, 7) is 2.21. The van der Waals surface area contributed by atoms with Crippen LogP contribution in [-0.4, -0.2) is 7.05 Å². The predicted octanol–water partition coefficient (Wildman–Crippen LogP) is 5.70. The number of hydrogen-bond acceptors (Lipinski definition) is 1. The molecule has 1 heteroatoms. The van der Waals surface area contributed by atoms with Crippen LogP contribution in [0.15, 0.2) is 72.8 Å². The van der Waals surface area contributed by atoms with Crippen LogP contribution in [0.1, 0.15) is 35.1 Å². The predicted molar refractivity (Wildman–Crippen MR) is 102 cm³/mol. The fraction of sp³-hybridized carbons (Fsp3) is 0.217. The lowest BCUT2D eigenvalue weighted by Gasteiger charge is -2.35. The summed E-state index contributed by atoms with van der Waals surface area (Å²) in [4.78, 5) is 2.32. The molecule has 0 spiro atoms. The maximum absolute atomic E-state index is 2.32. The van der Waals surface area contributed by atoms with E-state index in [1.165, 1.54) is 33.6 Å². The molecule has 0 fully saturated rings. The van der Waals surface area contributed by atoms with Gasteiger partial charge in [0.2, 0.25) is 0 Å². The summed E-state index contributed by atoms with van der Waals surface area (Å²) >= 11 is 0. The number of para-hydroxylation sites is 2. The largest absolute Gasteiger partial charge is 0.344 e. The second-order valence-electron chi connectivity index (χ2n) is 6.60. The van der Waals surface area contributed by atoms with Gasteiger partial charge in [0.1, 0.15) is 0 Å². The second kappa shape index (κ2) is 6.16. The number of anilines is 2. The number of benzene rings is 3. The monoisotopic (exact) mass is 313 g/mol. The molecule has 0 aliphatic carbocycles. The molecule has 0 radical (unpaired) electrons. The zero-order chi connectivity index (χ0) is 16.5. The summed E-state index contributed by atoms with van der Waals surface area (Å²) in [7, 11) is 2.17. The van der Waals surface area contributed by atoms with E-state index in [1.807, 2.05) is 0 Å². The molecular formula is C23H23N. The minimum absolute atomic E-state index is 0.418. The molecule has 0 saturated carbocycles. The van der Waals surface area contributed by atoms with E-state index in [0.29, 0.717) is 5.92 Å². The van der Waals surface area contributed by atoms with Gasteiger partial charge in [0.05, 0.1) is 0 Å². The van der Waals surface area contributed by atoms with Crippen molar-refractivity contribution in [1.82, 2.24) is 0 Å². The van der Waals surface area contributed by atoms with Gasteiger partial charge in [0, 0.05) is 24.3 Å². The van der Waals surface area contributed by atoms with E-state index < -0.39 is 0 Å². The van der Waals surface area contributed by atoms with Crippen LogP contribution in [-0.2, 0) is 12.8 Å². The highest BCUT2D eigenvalue weighted by molar-refractivity contribution is 5.75. The van der Waals surface area contributed by atoms with Gasteiger partial charge in [0.15, 0.2) is 0 Å². The highest BCUT2D eigenvalue weighted by Gasteiger charge is 2.28. The summed E-state index contributed by atoms with van der Waals surface area (Å²) in [6, 6.07) is 26.7. The second-order valence-corrected chi connectivity index (χ2v) is 6.60. The lowest BCUT2D eigenvalue weighted by Crippen LogP contribution is -2.22. The molecule has 24 heavy (non-hydrogen) atoms. The lowest BCUT2D eigenvalue weighted by atomic mass is 9.81. The first kappa shape index (κ1) is 15.0. The molecule has 1 nitrogen and oxygen atoms in total. The topological polar surface area (TPSA) is 3.24 Å². The zero-order valence-electron chi connectivity index (χ0n) is 14.4. The highest BCUT2D eigenvalue weighted by Crippen LogP contribution is 2.45. The molecular weight excluding hydrogens is 290 g/mol. The maximum Gasteiger partial charge on any atom is 0.0447 e. The third kappa shape index (κ3) is 2.50. The van der Waals surface area contributed by atoms with Gasteiger partial charge in [-0.2, -0.15) is 0 Å². The SMILES string of the molecule is CCc1ccc(CC2c3ccccc3N(C)c3ccccc32)cc1. The molecule has 3 aromatic rings. The first-order chi connectivity index (χ1) is 11.8. The smallest absolute Gasteiger partial charge is 0.0447 e. The Hall–Kier alpha value is -2.54. The van der Waals surface area contributed by atoms with E-state index in [0.717, 1.165) is 12.8 Å². The lowest BCUT2D eigenvalue weighted by molar-refractivity contribution is 0.784. The van der Waals surface area contributed by atoms with Gasteiger partial charge in [-0.05, 0) is 47.2 Å². The molecule has 0 aromatic heterocycles. The van der Waals surface area contributed by atoms with Crippen LogP contribution < -0.4 is 4.90 Å². The Morgan fingerprint density at radius 2 is 1.21 bits per heavy atom. The average molecular weight is 313 g/mol. The van der Waals surface area contributed by atoms with Crippen LogP contribution in [0.2, 0.25) is 0 Å². The van der Waals surface area contributed by atoms with Crippen molar-refractivity contribution in [2.75, 3.05) is 11.9 Å².